The molecule has 1 aromatic rings. The summed E-state index contributed by atoms with van der Waals surface area (Å²) >= 11 is 5.59. The lowest BCUT2D eigenvalue weighted by atomic mass is 10.2. The van der Waals surface area contributed by atoms with E-state index in [0.717, 1.165) is 13.8 Å². The molecule has 6 heteroatoms. The van der Waals surface area contributed by atoms with Crippen LogP contribution in [0.15, 0.2) is 22.7 Å². The molecule has 0 spiro atoms. The van der Waals surface area contributed by atoms with Crippen LogP contribution in [0.2, 0.25) is 0 Å². The lowest BCUT2D eigenvalue weighted by molar-refractivity contribution is 0.0520. The number of alkyl carbamates (subject to hydrolysis) is 1. The van der Waals surface area contributed by atoms with Crippen LogP contribution in [0.1, 0.15) is 20.8 Å². The van der Waals surface area contributed by atoms with Crippen LogP contribution in [-0.2, 0) is 4.74 Å². The van der Waals surface area contributed by atoms with Crippen LogP contribution in [0.25, 0.3) is 0 Å². The molecule has 0 saturated heterocycles. The number of halogens is 2. The third-order valence-electron chi connectivity index (χ3n) is 1.92. The average molecular weight is 442 g/mol. The van der Waals surface area contributed by atoms with Crippen LogP contribution in [0.5, 0.6) is 5.75 Å². The molecule has 0 aliphatic heterocycles. The fourth-order valence-corrected chi connectivity index (χ4v) is 2.68. The van der Waals surface area contributed by atoms with Gasteiger partial charge in [0.2, 0.25) is 0 Å². The van der Waals surface area contributed by atoms with Gasteiger partial charge in [-0.3, -0.25) is 0 Å². The van der Waals surface area contributed by atoms with Crippen LogP contribution in [0.4, 0.5) is 4.79 Å². The van der Waals surface area contributed by atoms with Crippen molar-refractivity contribution in [3.8, 4) is 5.75 Å². The Kier molecular flexibility index (Phi) is 6.38. The van der Waals surface area contributed by atoms with Crippen molar-refractivity contribution in [3.63, 3.8) is 0 Å². The van der Waals surface area contributed by atoms with E-state index >= 15 is 0 Å². The SMILES string of the molecule is CC(C)(C)OC(=O)NCCOc1ccc(Br)cc1I. The Balaban J connectivity index is 2.29. The van der Waals surface area contributed by atoms with Crippen molar-refractivity contribution in [3.05, 3.63) is 26.2 Å². The van der Waals surface area contributed by atoms with Gasteiger partial charge in [0.25, 0.3) is 0 Å². The fraction of sp³-hybridized carbons (Fsp3) is 0.462. The van der Waals surface area contributed by atoms with Gasteiger partial charge < -0.3 is 14.8 Å². The highest BCUT2D eigenvalue weighted by Gasteiger charge is 2.15. The Morgan fingerprint density at radius 3 is 2.68 bits per heavy atom. The summed E-state index contributed by atoms with van der Waals surface area (Å²) in [5, 5.41) is 2.64. The van der Waals surface area contributed by atoms with Crippen LogP contribution < -0.4 is 10.1 Å². The van der Waals surface area contributed by atoms with Crippen molar-refractivity contribution in [2.24, 2.45) is 0 Å². The Hall–Kier alpha value is -0.500. The molecule has 0 atom stereocenters. The molecule has 19 heavy (non-hydrogen) atoms. The normalized spacial score (nSPS) is 11.0. The molecule has 1 amide bonds. The van der Waals surface area contributed by atoms with Gasteiger partial charge in [-0.05, 0) is 61.6 Å². The number of hydrogen-bond donors (Lipinski definition) is 1. The minimum absolute atomic E-state index is 0.400. The van der Waals surface area contributed by atoms with E-state index in [1.54, 1.807) is 0 Å². The summed E-state index contributed by atoms with van der Waals surface area (Å²) in [6.45, 7) is 6.28. The van der Waals surface area contributed by atoms with E-state index in [1.165, 1.54) is 0 Å². The van der Waals surface area contributed by atoms with Crippen LogP contribution in [0, 0.1) is 3.57 Å². The smallest absolute Gasteiger partial charge is 0.407 e. The average Bonchev–Trinajstić information content (AvgIpc) is 2.24. The number of carbonyl (C=O) groups excluding carboxylic acids is 1. The lowest BCUT2D eigenvalue weighted by Crippen LogP contribution is -2.34. The summed E-state index contributed by atoms with van der Waals surface area (Å²) in [6, 6.07) is 5.77. The van der Waals surface area contributed by atoms with Gasteiger partial charge in [0.15, 0.2) is 0 Å². The molecule has 0 aliphatic carbocycles. The van der Waals surface area contributed by atoms with Gasteiger partial charge in [-0.1, -0.05) is 15.9 Å². The van der Waals surface area contributed by atoms with Crippen LogP contribution in [0.3, 0.4) is 0 Å². The summed E-state index contributed by atoms with van der Waals surface area (Å²) in [7, 11) is 0. The zero-order chi connectivity index (χ0) is 14.5. The molecule has 0 aromatic heterocycles. The fourth-order valence-electron chi connectivity index (χ4n) is 1.22. The molecule has 0 heterocycles. The van der Waals surface area contributed by atoms with Crippen molar-refractivity contribution in [2.45, 2.75) is 26.4 Å². The molecule has 0 unspecified atom stereocenters. The van der Waals surface area contributed by atoms with E-state index in [0.29, 0.717) is 13.2 Å². The molecule has 0 aliphatic rings. The van der Waals surface area contributed by atoms with Gasteiger partial charge in [0.1, 0.15) is 18.0 Å². The maximum atomic E-state index is 11.4. The second-order valence-electron chi connectivity index (χ2n) is 4.85. The van der Waals surface area contributed by atoms with Gasteiger partial charge in [-0.25, -0.2) is 4.79 Å². The summed E-state index contributed by atoms with van der Waals surface area (Å²) in [5.74, 6) is 0.801. The van der Waals surface area contributed by atoms with Gasteiger partial charge in [-0.15, -0.1) is 0 Å². The van der Waals surface area contributed by atoms with Gasteiger partial charge in [0, 0.05) is 4.47 Å². The van der Waals surface area contributed by atoms with Gasteiger partial charge >= 0.3 is 6.09 Å². The molecule has 1 N–H and O–H groups in total. The molecule has 4 nitrogen and oxygen atoms in total. The molecule has 0 fully saturated rings. The second-order valence-corrected chi connectivity index (χ2v) is 6.93. The number of nitrogens with one attached hydrogen (secondary N) is 1. The van der Waals surface area contributed by atoms with Gasteiger partial charge in [-0.2, -0.15) is 0 Å². The minimum Gasteiger partial charge on any atom is -0.491 e. The lowest BCUT2D eigenvalue weighted by Gasteiger charge is -2.19. The predicted molar refractivity (Wildman–Crippen MR) is 86.6 cm³/mol. The van der Waals surface area contributed by atoms with E-state index in [9.17, 15) is 4.79 Å². The van der Waals surface area contributed by atoms with Gasteiger partial charge in [0.05, 0.1) is 10.1 Å². The Morgan fingerprint density at radius 2 is 2.11 bits per heavy atom. The molecule has 1 aromatic carbocycles. The molecule has 0 bridgehead atoms. The van der Waals surface area contributed by atoms with E-state index in [4.69, 9.17) is 9.47 Å². The van der Waals surface area contributed by atoms with Crippen molar-refractivity contribution >= 4 is 44.6 Å². The largest absolute Gasteiger partial charge is 0.491 e. The highest BCUT2D eigenvalue weighted by Crippen LogP contribution is 2.24. The van der Waals surface area contributed by atoms with Crippen LogP contribution >= 0.6 is 38.5 Å². The van der Waals surface area contributed by atoms with E-state index in [-0.39, 0.29) is 0 Å². The first-order valence-electron chi connectivity index (χ1n) is 5.82. The first kappa shape index (κ1) is 16.6. The van der Waals surface area contributed by atoms with Crippen molar-refractivity contribution < 1.29 is 14.3 Å². The summed E-state index contributed by atoms with van der Waals surface area (Å²) in [6.07, 6.45) is -0.429. The molecule has 0 saturated carbocycles. The van der Waals surface area contributed by atoms with Crippen molar-refractivity contribution in [1.29, 1.82) is 0 Å². The van der Waals surface area contributed by atoms with E-state index in [2.05, 4.69) is 43.8 Å². The number of benzene rings is 1. The van der Waals surface area contributed by atoms with E-state index in [1.807, 2.05) is 39.0 Å². The summed E-state index contributed by atoms with van der Waals surface area (Å²) in [4.78, 5) is 11.4. The Morgan fingerprint density at radius 1 is 1.42 bits per heavy atom. The molecule has 106 valence electrons. The molecule has 0 radical (unpaired) electrons. The number of rotatable bonds is 4. The summed E-state index contributed by atoms with van der Waals surface area (Å²) < 4.78 is 12.7. The maximum Gasteiger partial charge on any atom is 0.407 e. The Labute approximate surface area is 135 Å². The number of amides is 1. The topological polar surface area (TPSA) is 47.6 Å². The van der Waals surface area contributed by atoms with Crippen LogP contribution in [-0.4, -0.2) is 24.8 Å². The Bertz CT molecular complexity index is 446. The predicted octanol–water partition coefficient (Wildman–Crippen LogP) is 3.96. The van der Waals surface area contributed by atoms with Crippen molar-refractivity contribution in [2.75, 3.05) is 13.2 Å². The monoisotopic (exact) mass is 441 g/mol. The minimum atomic E-state index is -0.480. The number of hydrogen-bond acceptors (Lipinski definition) is 3. The zero-order valence-electron chi connectivity index (χ0n) is 11.1. The maximum absolute atomic E-state index is 11.4. The quantitative estimate of drug-likeness (QED) is 0.568. The molecular weight excluding hydrogens is 425 g/mol. The van der Waals surface area contributed by atoms with E-state index < -0.39 is 11.7 Å². The third kappa shape index (κ3) is 7.00. The molecule has 1 rings (SSSR count). The molecular formula is C13H17BrINO3. The summed E-state index contributed by atoms with van der Waals surface area (Å²) in [5.41, 5.74) is -0.480. The number of ether oxygens (including phenoxy) is 2. The van der Waals surface area contributed by atoms with Crippen molar-refractivity contribution in [1.82, 2.24) is 5.32 Å². The zero-order valence-corrected chi connectivity index (χ0v) is 14.9. The highest BCUT2D eigenvalue weighted by atomic mass is 127. The number of carbonyl (C=O) groups is 1. The first-order chi connectivity index (χ1) is 8.78. The highest BCUT2D eigenvalue weighted by molar-refractivity contribution is 14.1. The standard InChI is InChI=1S/C13H17BrINO3/c1-13(2,3)19-12(17)16-6-7-18-11-5-4-9(14)8-10(11)15/h4-5,8H,6-7H2,1-3H3,(H,16,17). The second kappa shape index (κ2) is 7.33. The first-order valence-corrected chi connectivity index (χ1v) is 7.70. The third-order valence-corrected chi connectivity index (χ3v) is 3.26.